The molecule has 2 saturated heterocycles. The molecule has 1 spiro atoms. The molecular weight excluding hydrogens is 362 g/mol. The lowest BCUT2D eigenvalue weighted by Gasteiger charge is -2.29. The van der Waals surface area contributed by atoms with Crippen molar-refractivity contribution in [2.45, 2.75) is 44.2 Å². The number of amides is 3. The molecule has 3 aliphatic heterocycles. The highest BCUT2D eigenvalue weighted by Gasteiger charge is 2.70. The number of hydrogen-bond acceptors (Lipinski definition) is 5. The van der Waals surface area contributed by atoms with Gasteiger partial charge in [0.05, 0.1) is 11.8 Å². The highest BCUT2D eigenvalue weighted by molar-refractivity contribution is 6.15. The Morgan fingerprint density at radius 2 is 1.96 bits per heavy atom. The van der Waals surface area contributed by atoms with Crippen molar-refractivity contribution in [2.75, 3.05) is 11.9 Å². The van der Waals surface area contributed by atoms with E-state index in [4.69, 9.17) is 5.11 Å². The number of para-hydroxylation sites is 1. The van der Waals surface area contributed by atoms with Gasteiger partial charge in [-0.25, -0.2) is 0 Å². The van der Waals surface area contributed by atoms with Crippen LogP contribution in [0.25, 0.3) is 0 Å². The van der Waals surface area contributed by atoms with Gasteiger partial charge in [-0.3, -0.25) is 29.4 Å². The summed E-state index contributed by atoms with van der Waals surface area (Å²) in [5.74, 6) is -3.59. The van der Waals surface area contributed by atoms with E-state index in [0.717, 1.165) is 6.42 Å². The molecule has 0 saturated carbocycles. The minimum atomic E-state index is -1.34. The summed E-state index contributed by atoms with van der Waals surface area (Å²) in [6, 6.07) is 6.57. The van der Waals surface area contributed by atoms with Gasteiger partial charge >= 0.3 is 5.97 Å². The standard InChI is InChI=1S/C20H23N3O5/c1-2-3-10-23-17(26)15-13(8-9-14(24)25)22-20(16(15)18(23)27)11-6-4-5-7-12(11)21-19(20)28/h4-7,13,15-16,22H,2-3,8-10H2,1H3,(H,21,28)(H,24,25)/t13?,15-,16+,20?/m1/s1. The molecule has 3 aliphatic rings. The van der Waals surface area contributed by atoms with Crippen molar-refractivity contribution >= 4 is 29.4 Å². The lowest BCUT2D eigenvalue weighted by atomic mass is 9.76. The summed E-state index contributed by atoms with van der Waals surface area (Å²) in [4.78, 5) is 51.8. The van der Waals surface area contributed by atoms with Crippen LogP contribution in [0.3, 0.4) is 0 Å². The summed E-state index contributed by atoms with van der Waals surface area (Å²) in [7, 11) is 0. The van der Waals surface area contributed by atoms with Gasteiger partial charge in [0.1, 0.15) is 5.54 Å². The Labute approximate surface area is 162 Å². The Morgan fingerprint density at radius 1 is 1.21 bits per heavy atom. The summed E-state index contributed by atoms with van der Waals surface area (Å²) >= 11 is 0. The van der Waals surface area contributed by atoms with Gasteiger partial charge in [-0.15, -0.1) is 0 Å². The van der Waals surface area contributed by atoms with Crippen LogP contribution in [0.15, 0.2) is 24.3 Å². The maximum absolute atomic E-state index is 13.3. The first-order valence-corrected chi connectivity index (χ1v) is 9.67. The number of hydrogen-bond donors (Lipinski definition) is 3. The number of likely N-dealkylation sites (tertiary alicyclic amines) is 1. The van der Waals surface area contributed by atoms with E-state index in [1.165, 1.54) is 4.90 Å². The van der Waals surface area contributed by atoms with Crippen LogP contribution in [0.2, 0.25) is 0 Å². The summed E-state index contributed by atoms with van der Waals surface area (Å²) in [6.07, 6.45) is 1.56. The Balaban J connectivity index is 1.79. The zero-order valence-corrected chi connectivity index (χ0v) is 15.6. The second-order valence-corrected chi connectivity index (χ2v) is 7.68. The fourth-order valence-electron chi connectivity index (χ4n) is 4.88. The van der Waals surface area contributed by atoms with E-state index >= 15 is 0 Å². The van der Waals surface area contributed by atoms with Gasteiger partial charge in [-0.05, 0) is 18.9 Å². The van der Waals surface area contributed by atoms with Crippen LogP contribution in [0, 0.1) is 11.8 Å². The Hall–Kier alpha value is -2.74. The molecule has 8 heteroatoms. The van der Waals surface area contributed by atoms with Crippen molar-refractivity contribution in [1.82, 2.24) is 10.2 Å². The minimum absolute atomic E-state index is 0.142. The molecule has 0 aliphatic carbocycles. The molecular formula is C20H23N3O5. The van der Waals surface area contributed by atoms with E-state index in [1.807, 2.05) is 6.92 Å². The van der Waals surface area contributed by atoms with Gasteiger partial charge in [-0.1, -0.05) is 31.5 Å². The number of rotatable bonds is 6. The maximum Gasteiger partial charge on any atom is 0.303 e. The normalized spacial score (nSPS) is 30.7. The molecule has 1 aromatic rings. The highest BCUT2D eigenvalue weighted by atomic mass is 16.4. The third-order valence-electron chi connectivity index (χ3n) is 6.12. The third kappa shape index (κ3) is 2.47. The average molecular weight is 385 g/mol. The first-order valence-electron chi connectivity index (χ1n) is 9.67. The van der Waals surface area contributed by atoms with Gasteiger partial charge in [-0.2, -0.15) is 0 Å². The summed E-state index contributed by atoms with van der Waals surface area (Å²) < 4.78 is 0. The number of benzene rings is 1. The van der Waals surface area contributed by atoms with Gasteiger partial charge in [0.15, 0.2) is 0 Å². The second-order valence-electron chi connectivity index (χ2n) is 7.68. The van der Waals surface area contributed by atoms with Crippen LogP contribution in [-0.2, 0) is 24.7 Å². The van der Waals surface area contributed by atoms with Crippen molar-refractivity contribution in [3.05, 3.63) is 29.8 Å². The minimum Gasteiger partial charge on any atom is -0.481 e. The van der Waals surface area contributed by atoms with Crippen LogP contribution in [0.4, 0.5) is 5.69 Å². The van der Waals surface area contributed by atoms with Crippen molar-refractivity contribution in [3.63, 3.8) is 0 Å². The van der Waals surface area contributed by atoms with E-state index in [2.05, 4.69) is 10.6 Å². The monoisotopic (exact) mass is 385 g/mol. The molecule has 4 atom stereocenters. The molecule has 4 rings (SSSR count). The fraction of sp³-hybridized carbons (Fsp3) is 0.500. The predicted octanol–water partition coefficient (Wildman–Crippen LogP) is 1.07. The number of carbonyl (C=O) groups excluding carboxylic acids is 3. The zero-order valence-electron chi connectivity index (χ0n) is 15.6. The Morgan fingerprint density at radius 3 is 2.68 bits per heavy atom. The maximum atomic E-state index is 13.3. The van der Waals surface area contributed by atoms with Crippen LogP contribution >= 0.6 is 0 Å². The molecule has 3 N–H and O–H groups in total. The number of imide groups is 1. The molecule has 0 aromatic heterocycles. The van der Waals surface area contributed by atoms with Crippen molar-refractivity contribution in [1.29, 1.82) is 0 Å². The number of nitrogens with zero attached hydrogens (tertiary/aromatic N) is 1. The lowest BCUT2D eigenvalue weighted by molar-refractivity contribution is -0.143. The fourth-order valence-corrected chi connectivity index (χ4v) is 4.88. The van der Waals surface area contributed by atoms with E-state index in [1.54, 1.807) is 24.3 Å². The number of unbranched alkanes of at least 4 members (excludes halogenated alkanes) is 1. The molecule has 148 valence electrons. The van der Waals surface area contributed by atoms with E-state index < -0.39 is 29.4 Å². The number of fused-ring (bicyclic) bond motifs is 4. The largest absolute Gasteiger partial charge is 0.481 e. The quantitative estimate of drug-likeness (QED) is 0.631. The summed E-state index contributed by atoms with van der Waals surface area (Å²) in [6.45, 7) is 2.30. The van der Waals surface area contributed by atoms with Crippen molar-refractivity contribution in [2.24, 2.45) is 11.8 Å². The van der Waals surface area contributed by atoms with E-state index in [0.29, 0.717) is 24.2 Å². The summed E-state index contributed by atoms with van der Waals surface area (Å²) in [5.41, 5.74) is -0.0748. The highest BCUT2D eigenvalue weighted by Crippen LogP contribution is 2.53. The zero-order chi connectivity index (χ0) is 20.1. The molecule has 0 bridgehead atoms. The molecule has 3 amide bonds. The topological polar surface area (TPSA) is 116 Å². The SMILES string of the molecule is CCCCN1C(=O)[C@@H]2C(CCC(=O)O)NC3(C(=O)Nc4ccccc43)[C@@H]2C1=O. The van der Waals surface area contributed by atoms with Gasteiger partial charge in [0.2, 0.25) is 17.7 Å². The first kappa shape index (κ1) is 18.6. The molecule has 2 fully saturated rings. The second kappa shape index (κ2) is 6.70. The Kier molecular flexibility index (Phi) is 4.45. The lowest BCUT2D eigenvalue weighted by Crippen LogP contribution is -2.53. The number of anilines is 1. The van der Waals surface area contributed by atoms with Crippen LogP contribution in [0.5, 0.6) is 0 Å². The number of nitrogens with one attached hydrogen (secondary N) is 2. The number of carboxylic acid groups (broad SMARTS) is 1. The van der Waals surface area contributed by atoms with Crippen molar-refractivity contribution in [3.8, 4) is 0 Å². The number of carbonyl (C=O) groups is 4. The number of carboxylic acids is 1. The van der Waals surface area contributed by atoms with Gasteiger partial charge < -0.3 is 10.4 Å². The smallest absolute Gasteiger partial charge is 0.303 e. The molecule has 1 aromatic carbocycles. The third-order valence-corrected chi connectivity index (χ3v) is 6.12. The van der Waals surface area contributed by atoms with Crippen molar-refractivity contribution < 1.29 is 24.3 Å². The van der Waals surface area contributed by atoms with Gasteiger partial charge in [0.25, 0.3) is 0 Å². The van der Waals surface area contributed by atoms with E-state index in [9.17, 15) is 19.2 Å². The predicted molar refractivity (Wildman–Crippen MR) is 99.2 cm³/mol. The molecule has 2 unspecified atom stereocenters. The van der Waals surface area contributed by atoms with Gasteiger partial charge in [0, 0.05) is 30.3 Å². The van der Waals surface area contributed by atoms with E-state index in [-0.39, 0.29) is 30.6 Å². The van der Waals surface area contributed by atoms with Crippen LogP contribution in [-0.4, -0.2) is 46.3 Å². The molecule has 0 radical (unpaired) electrons. The van der Waals surface area contributed by atoms with Crippen LogP contribution < -0.4 is 10.6 Å². The summed E-state index contributed by atoms with van der Waals surface area (Å²) in [5, 5.41) is 15.1. The van der Waals surface area contributed by atoms with Crippen LogP contribution in [0.1, 0.15) is 38.2 Å². The molecule has 28 heavy (non-hydrogen) atoms. The number of aliphatic carboxylic acids is 1. The molecule has 8 nitrogen and oxygen atoms in total. The average Bonchev–Trinajstić information content (AvgIpc) is 3.24. The molecule has 3 heterocycles. The Bertz CT molecular complexity index is 869. The first-order chi connectivity index (χ1) is 13.4.